The third kappa shape index (κ3) is 2.76. The zero-order valence-corrected chi connectivity index (χ0v) is 10.5. The summed E-state index contributed by atoms with van der Waals surface area (Å²) < 4.78 is 43.4. The molecule has 0 atom stereocenters. The Labute approximate surface area is 109 Å². The highest BCUT2D eigenvalue weighted by atomic mass is 79.9. The van der Waals surface area contributed by atoms with Crippen LogP contribution in [0.15, 0.2) is 39.2 Å². The summed E-state index contributed by atoms with van der Waals surface area (Å²) in [7, 11) is 0. The number of aliphatic hydroxyl groups is 1. The van der Waals surface area contributed by atoms with E-state index in [1.807, 2.05) is 0 Å². The largest absolute Gasteiger partial charge is 0.459 e. The van der Waals surface area contributed by atoms with Crippen molar-refractivity contribution < 1.29 is 22.7 Å². The highest BCUT2D eigenvalue weighted by Crippen LogP contribution is 2.35. The summed E-state index contributed by atoms with van der Waals surface area (Å²) in [6.07, 6.45) is -4.41. The van der Waals surface area contributed by atoms with Gasteiger partial charge in [-0.1, -0.05) is 15.9 Å². The van der Waals surface area contributed by atoms with Crippen LogP contribution in [-0.2, 0) is 12.8 Å². The van der Waals surface area contributed by atoms with Crippen LogP contribution < -0.4 is 0 Å². The van der Waals surface area contributed by atoms with E-state index >= 15 is 0 Å². The van der Waals surface area contributed by atoms with Gasteiger partial charge in [-0.3, -0.25) is 0 Å². The molecule has 2 nitrogen and oxygen atoms in total. The quantitative estimate of drug-likeness (QED) is 0.898. The second-order valence-corrected chi connectivity index (χ2v) is 4.57. The predicted molar refractivity (Wildman–Crippen MR) is 62.8 cm³/mol. The molecular formula is C12H8BrF3O2. The maximum atomic E-state index is 12.6. The van der Waals surface area contributed by atoms with Crippen LogP contribution in [0.4, 0.5) is 13.2 Å². The van der Waals surface area contributed by atoms with Gasteiger partial charge in [0, 0.05) is 10.0 Å². The Morgan fingerprint density at radius 3 is 2.44 bits per heavy atom. The molecule has 0 saturated carbocycles. The molecule has 0 saturated heterocycles. The lowest BCUT2D eigenvalue weighted by Crippen LogP contribution is -2.04. The maximum Gasteiger partial charge on any atom is 0.416 e. The summed E-state index contributed by atoms with van der Waals surface area (Å²) in [5, 5.41) is 8.85. The Hall–Kier alpha value is -1.27. The molecular weight excluding hydrogens is 313 g/mol. The first kappa shape index (κ1) is 13.2. The molecule has 2 aromatic rings. The van der Waals surface area contributed by atoms with E-state index < -0.39 is 11.7 Å². The van der Waals surface area contributed by atoms with Gasteiger partial charge in [-0.15, -0.1) is 0 Å². The molecule has 0 spiro atoms. The van der Waals surface area contributed by atoms with Crippen LogP contribution in [0.2, 0.25) is 0 Å². The maximum absolute atomic E-state index is 12.6. The fourth-order valence-electron chi connectivity index (χ4n) is 1.51. The average Bonchev–Trinajstić information content (AvgIpc) is 2.75. The van der Waals surface area contributed by atoms with E-state index in [1.165, 1.54) is 18.2 Å². The summed E-state index contributed by atoms with van der Waals surface area (Å²) in [6.45, 7) is -0.292. The fraction of sp³-hybridized carbons (Fsp3) is 0.167. The van der Waals surface area contributed by atoms with Crippen molar-refractivity contribution in [2.45, 2.75) is 12.8 Å². The Balaban J connectivity index is 2.48. The van der Waals surface area contributed by atoms with Crippen LogP contribution in [0.3, 0.4) is 0 Å². The molecule has 0 unspecified atom stereocenters. The molecule has 0 aliphatic heterocycles. The molecule has 0 bridgehead atoms. The molecule has 2 rings (SSSR count). The van der Waals surface area contributed by atoms with Crippen LogP contribution in [0.25, 0.3) is 11.3 Å². The summed E-state index contributed by atoms with van der Waals surface area (Å²) in [5.41, 5.74) is -0.453. The Kier molecular flexibility index (Phi) is 3.49. The summed E-state index contributed by atoms with van der Waals surface area (Å²) in [6, 6.07) is 6.57. The standard InChI is InChI=1S/C12H8BrF3O2/c13-9-4-7(3-8(5-9)12(14,15)16)11-2-1-10(6-17)18-11/h1-5,17H,6H2. The molecule has 0 amide bonds. The highest BCUT2D eigenvalue weighted by Gasteiger charge is 2.31. The molecule has 18 heavy (non-hydrogen) atoms. The molecule has 0 aliphatic carbocycles. The van der Waals surface area contributed by atoms with Crippen molar-refractivity contribution in [3.8, 4) is 11.3 Å². The number of aliphatic hydroxyl groups excluding tert-OH is 1. The monoisotopic (exact) mass is 320 g/mol. The lowest BCUT2D eigenvalue weighted by molar-refractivity contribution is -0.137. The van der Waals surface area contributed by atoms with Crippen molar-refractivity contribution in [2.75, 3.05) is 0 Å². The number of furan rings is 1. The first-order chi connectivity index (χ1) is 8.40. The second kappa shape index (κ2) is 4.78. The van der Waals surface area contributed by atoms with Gasteiger partial charge in [0.25, 0.3) is 0 Å². The molecule has 96 valence electrons. The molecule has 0 radical (unpaired) electrons. The van der Waals surface area contributed by atoms with Gasteiger partial charge in [0.1, 0.15) is 18.1 Å². The normalized spacial score (nSPS) is 11.8. The number of alkyl halides is 3. The lowest BCUT2D eigenvalue weighted by atomic mass is 10.1. The minimum Gasteiger partial charge on any atom is -0.459 e. The van der Waals surface area contributed by atoms with Gasteiger partial charge in [-0.25, -0.2) is 0 Å². The van der Waals surface area contributed by atoms with Crippen molar-refractivity contribution in [1.29, 1.82) is 0 Å². The lowest BCUT2D eigenvalue weighted by Gasteiger charge is -2.08. The van der Waals surface area contributed by atoms with Gasteiger partial charge >= 0.3 is 6.18 Å². The van der Waals surface area contributed by atoms with E-state index in [1.54, 1.807) is 0 Å². The average molecular weight is 321 g/mol. The minimum absolute atomic E-state index is 0.283. The van der Waals surface area contributed by atoms with Gasteiger partial charge in [-0.05, 0) is 30.3 Å². The number of hydrogen-bond acceptors (Lipinski definition) is 2. The molecule has 6 heteroatoms. The molecule has 1 aromatic heterocycles. The smallest absolute Gasteiger partial charge is 0.416 e. The van der Waals surface area contributed by atoms with E-state index in [-0.39, 0.29) is 12.4 Å². The van der Waals surface area contributed by atoms with Gasteiger partial charge in [-0.2, -0.15) is 13.2 Å². The van der Waals surface area contributed by atoms with E-state index in [0.29, 0.717) is 15.8 Å². The molecule has 0 fully saturated rings. The third-order valence-electron chi connectivity index (χ3n) is 2.33. The number of hydrogen-bond donors (Lipinski definition) is 1. The van der Waals surface area contributed by atoms with E-state index in [4.69, 9.17) is 9.52 Å². The van der Waals surface area contributed by atoms with Gasteiger partial charge in [0.2, 0.25) is 0 Å². The SMILES string of the molecule is OCc1ccc(-c2cc(Br)cc(C(F)(F)F)c2)o1. The van der Waals surface area contributed by atoms with E-state index in [2.05, 4.69) is 15.9 Å². The molecule has 1 aromatic carbocycles. The van der Waals surface area contributed by atoms with E-state index in [0.717, 1.165) is 12.1 Å². The van der Waals surface area contributed by atoms with Crippen LogP contribution in [0.5, 0.6) is 0 Å². The van der Waals surface area contributed by atoms with Gasteiger partial charge in [0.15, 0.2) is 0 Å². The summed E-state index contributed by atoms with van der Waals surface area (Å²) in [5.74, 6) is 0.587. The topological polar surface area (TPSA) is 33.4 Å². The summed E-state index contributed by atoms with van der Waals surface area (Å²) >= 11 is 3.04. The number of benzene rings is 1. The highest BCUT2D eigenvalue weighted by molar-refractivity contribution is 9.10. The molecule has 0 aliphatic rings. The Morgan fingerprint density at radius 1 is 1.17 bits per heavy atom. The van der Waals surface area contributed by atoms with Crippen LogP contribution in [0.1, 0.15) is 11.3 Å². The van der Waals surface area contributed by atoms with Crippen molar-refractivity contribution in [2.24, 2.45) is 0 Å². The summed E-state index contributed by atoms with van der Waals surface area (Å²) in [4.78, 5) is 0. The van der Waals surface area contributed by atoms with Gasteiger partial charge < -0.3 is 9.52 Å². The fourth-order valence-corrected chi connectivity index (χ4v) is 2.01. The molecule has 1 N–H and O–H groups in total. The van der Waals surface area contributed by atoms with Crippen molar-refractivity contribution in [3.63, 3.8) is 0 Å². The van der Waals surface area contributed by atoms with Gasteiger partial charge in [0.05, 0.1) is 5.56 Å². The van der Waals surface area contributed by atoms with Crippen LogP contribution in [-0.4, -0.2) is 5.11 Å². The third-order valence-corrected chi connectivity index (χ3v) is 2.78. The van der Waals surface area contributed by atoms with Crippen molar-refractivity contribution in [1.82, 2.24) is 0 Å². The predicted octanol–water partition coefficient (Wildman–Crippen LogP) is 4.22. The first-order valence-electron chi connectivity index (χ1n) is 4.98. The zero-order valence-electron chi connectivity index (χ0n) is 8.96. The van der Waals surface area contributed by atoms with E-state index in [9.17, 15) is 13.2 Å². The Bertz CT molecular complexity index is 561. The van der Waals surface area contributed by atoms with Crippen molar-refractivity contribution >= 4 is 15.9 Å². The minimum atomic E-state index is -4.41. The van der Waals surface area contributed by atoms with Crippen LogP contribution in [0, 0.1) is 0 Å². The zero-order chi connectivity index (χ0) is 13.3. The van der Waals surface area contributed by atoms with Crippen LogP contribution >= 0.6 is 15.9 Å². The van der Waals surface area contributed by atoms with Crippen molar-refractivity contribution in [3.05, 3.63) is 46.1 Å². The second-order valence-electron chi connectivity index (χ2n) is 3.65. The number of rotatable bonds is 2. The first-order valence-corrected chi connectivity index (χ1v) is 5.77. The number of halogens is 4. The Morgan fingerprint density at radius 2 is 1.89 bits per heavy atom. The molecule has 1 heterocycles.